The van der Waals surface area contributed by atoms with E-state index in [1.807, 2.05) is 19.3 Å². The number of amides is 1. The first-order valence-corrected chi connectivity index (χ1v) is 6.54. The second-order valence-corrected chi connectivity index (χ2v) is 5.26. The highest BCUT2D eigenvalue weighted by atomic mass is 79.9. The molecule has 0 aliphatic rings. The highest BCUT2D eigenvalue weighted by Gasteiger charge is 2.09. The third-order valence-electron chi connectivity index (χ3n) is 2.42. The van der Waals surface area contributed by atoms with Crippen LogP contribution in [-0.4, -0.2) is 15.7 Å². The van der Waals surface area contributed by atoms with Gasteiger partial charge in [-0.25, -0.2) is 0 Å². The molecular weight excluding hydrogens is 314 g/mol. The zero-order chi connectivity index (χ0) is 13.1. The maximum absolute atomic E-state index is 12.0. The lowest BCUT2D eigenvalue weighted by molar-refractivity contribution is 0.0948. The normalized spacial score (nSPS) is 10.4. The lowest BCUT2D eigenvalue weighted by atomic mass is 10.2. The fourth-order valence-corrected chi connectivity index (χ4v) is 2.39. The average Bonchev–Trinajstić information content (AvgIpc) is 2.72. The van der Waals surface area contributed by atoms with Gasteiger partial charge in [0.1, 0.15) is 0 Å². The van der Waals surface area contributed by atoms with E-state index in [-0.39, 0.29) is 5.91 Å². The van der Waals surface area contributed by atoms with Gasteiger partial charge in [0.2, 0.25) is 0 Å². The van der Waals surface area contributed by atoms with Gasteiger partial charge in [-0.1, -0.05) is 15.9 Å². The van der Waals surface area contributed by atoms with E-state index in [1.54, 1.807) is 23.0 Å². The first kappa shape index (κ1) is 13.2. The number of hydrogen-bond acceptors (Lipinski definition) is 3. The molecule has 18 heavy (non-hydrogen) atoms. The summed E-state index contributed by atoms with van der Waals surface area (Å²) in [6, 6.07) is 5.35. The van der Waals surface area contributed by atoms with E-state index in [4.69, 9.17) is 0 Å². The number of aryl methyl sites for hydroxylation is 1. The van der Waals surface area contributed by atoms with Gasteiger partial charge in [0.15, 0.2) is 0 Å². The largest absolute Gasteiger partial charge is 0.348 e. The van der Waals surface area contributed by atoms with Gasteiger partial charge in [-0.05, 0) is 18.2 Å². The van der Waals surface area contributed by atoms with Gasteiger partial charge >= 0.3 is 0 Å². The van der Waals surface area contributed by atoms with Gasteiger partial charge < -0.3 is 5.32 Å². The molecule has 0 fully saturated rings. The predicted octanol–water partition coefficient (Wildman–Crippen LogP) is 2.40. The number of aromatic nitrogens is 2. The van der Waals surface area contributed by atoms with Crippen LogP contribution < -0.4 is 5.32 Å². The quantitative estimate of drug-likeness (QED) is 0.851. The number of nitrogens with zero attached hydrogens (tertiary/aromatic N) is 2. The molecule has 0 aliphatic carbocycles. The maximum Gasteiger partial charge on any atom is 0.252 e. The zero-order valence-electron chi connectivity index (χ0n) is 9.72. The van der Waals surface area contributed by atoms with Crippen molar-refractivity contribution in [3.8, 4) is 0 Å². The first-order chi connectivity index (χ1) is 8.56. The number of hydrogen-bond donors (Lipinski definition) is 2. The van der Waals surface area contributed by atoms with Crippen LogP contribution >= 0.6 is 28.6 Å². The lowest BCUT2D eigenvalue weighted by Crippen LogP contribution is -2.23. The summed E-state index contributed by atoms with van der Waals surface area (Å²) in [5.74, 6) is -0.142. The van der Waals surface area contributed by atoms with Gasteiger partial charge in [-0.2, -0.15) is 5.10 Å². The van der Waals surface area contributed by atoms with Crippen LogP contribution in [0.25, 0.3) is 0 Å². The molecule has 0 saturated heterocycles. The van der Waals surface area contributed by atoms with Crippen molar-refractivity contribution in [2.24, 2.45) is 7.05 Å². The number of carbonyl (C=O) groups excluding carboxylic acids is 1. The van der Waals surface area contributed by atoms with Crippen molar-refractivity contribution in [2.75, 3.05) is 0 Å². The van der Waals surface area contributed by atoms with Gasteiger partial charge in [-0.15, -0.1) is 12.6 Å². The fourth-order valence-electron chi connectivity index (χ4n) is 1.54. The fraction of sp³-hybridized carbons (Fsp3) is 0.167. The SMILES string of the molecule is Cn1cc(CNC(=O)c2ccc(Br)cc2S)cn1. The molecule has 1 aromatic carbocycles. The molecule has 0 radical (unpaired) electrons. The molecule has 0 unspecified atom stereocenters. The summed E-state index contributed by atoms with van der Waals surface area (Å²) < 4.78 is 2.60. The summed E-state index contributed by atoms with van der Waals surface area (Å²) in [7, 11) is 1.84. The van der Waals surface area contributed by atoms with Crippen LogP contribution in [0.5, 0.6) is 0 Å². The maximum atomic E-state index is 12.0. The summed E-state index contributed by atoms with van der Waals surface area (Å²) in [5, 5.41) is 6.87. The number of nitrogens with one attached hydrogen (secondary N) is 1. The molecule has 2 aromatic rings. The summed E-state index contributed by atoms with van der Waals surface area (Å²) in [6.07, 6.45) is 3.59. The number of benzene rings is 1. The highest BCUT2D eigenvalue weighted by Crippen LogP contribution is 2.19. The van der Waals surface area contributed by atoms with Crippen LogP contribution in [0.1, 0.15) is 15.9 Å². The zero-order valence-corrected chi connectivity index (χ0v) is 12.2. The Hall–Kier alpha value is -1.27. The van der Waals surface area contributed by atoms with Gasteiger partial charge in [0.25, 0.3) is 5.91 Å². The van der Waals surface area contributed by atoms with E-state index in [9.17, 15) is 4.79 Å². The second-order valence-electron chi connectivity index (χ2n) is 3.87. The number of carbonyl (C=O) groups is 1. The van der Waals surface area contributed by atoms with E-state index >= 15 is 0 Å². The molecule has 94 valence electrons. The Bertz CT molecular complexity index is 582. The number of thiol groups is 1. The summed E-state index contributed by atoms with van der Waals surface area (Å²) in [6.45, 7) is 0.454. The molecular formula is C12H12BrN3OS. The molecule has 4 nitrogen and oxygen atoms in total. The first-order valence-electron chi connectivity index (χ1n) is 5.30. The van der Waals surface area contributed by atoms with Crippen LogP contribution in [0.2, 0.25) is 0 Å². The van der Waals surface area contributed by atoms with Crippen molar-refractivity contribution in [1.82, 2.24) is 15.1 Å². The van der Waals surface area contributed by atoms with Gasteiger partial charge in [0, 0.05) is 34.7 Å². The third kappa shape index (κ3) is 3.14. The van der Waals surface area contributed by atoms with Crippen molar-refractivity contribution in [3.63, 3.8) is 0 Å². The standard InChI is InChI=1S/C12H12BrN3OS/c1-16-7-8(6-15-16)5-14-12(17)10-3-2-9(13)4-11(10)18/h2-4,6-7,18H,5H2,1H3,(H,14,17). The molecule has 1 heterocycles. The number of halogens is 1. The van der Waals surface area contributed by atoms with Crippen LogP contribution in [-0.2, 0) is 13.6 Å². The van der Waals surface area contributed by atoms with Crippen LogP contribution in [0.4, 0.5) is 0 Å². The molecule has 0 bridgehead atoms. The third-order valence-corrected chi connectivity index (χ3v) is 3.28. The minimum absolute atomic E-state index is 0.142. The average molecular weight is 326 g/mol. The minimum Gasteiger partial charge on any atom is -0.348 e. The summed E-state index contributed by atoms with van der Waals surface area (Å²) >= 11 is 7.62. The van der Waals surface area contributed by atoms with E-state index in [1.165, 1.54) is 0 Å². The van der Waals surface area contributed by atoms with Crippen LogP contribution in [0, 0.1) is 0 Å². The molecule has 6 heteroatoms. The molecule has 1 N–H and O–H groups in total. The Morgan fingerprint density at radius 1 is 1.56 bits per heavy atom. The van der Waals surface area contributed by atoms with E-state index in [0.29, 0.717) is 17.0 Å². The van der Waals surface area contributed by atoms with Crippen LogP contribution in [0.15, 0.2) is 40.0 Å². The van der Waals surface area contributed by atoms with Gasteiger partial charge in [0.05, 0.1) is 11.8 Å². The molecule has 0 atom stereocenters. The van der Waals surface area contributed by atoms with Crippen molar-refractivity contribution in [3.05, 3.63) is 46.2 Å². The lowest BCUT2D eigenvalue weighted by Gasteiger charge is -2.06. The number of rotatable bonds is 3. The highest BCUT2D eigenvalue weighted by molar-refractivity contribution is 9.10. The smallest absolute Gasteiger partial charge is 0.252 e. The van der Waals surface area contributed by atoms with E-state index in [0.717, 1.165) is 10.0 Å². The minimum atomic E-state index is -0.142. The topological polar surface area (TPSA) is 46.9 Å². The predicted molar refractivity (Wildman–Crippen MR) is 75.8 cm³/mol. The molecule has 1 amide bonds. The molecule has 0 saturated carbocycles. The van der Waals surface area contributed by atoms with Crippen molar-refractivity contribution < 1.29 is 4.79 Å². The van der Waals surface area contributed by atoms with Crippen molar-refractivity contribution >= 4 is 34.5 Å². The van der Waals surface area contributed by atoms with Crippen LogP contribution in [0.3, 0.4) is 0 Å². The molecule has 0 spiro atoms. The monoisotopic (exact) mass is 325 g/mol. The Labute approximate surface area is 119 Å². The Balaban J connectivity index is 2.03. The Kier molecular flexibility index (Phi) is 4.08. The molecule has 0 aliphatic heterocycles. The molecule has 2 rings (SSSR count). The van der Waals surface area contributed by atoms with E-state index < -0.39 is 0 Å². The van der Waals surface area contributed by atoms with Crippen molar-refractivity contribution in [1.29, 1.82) is 0 Å². The van der Waals surface area contributed by atoms with Crippen molar-refractivity contribution in [2.45, 2.75) is 11.4 Å². The Morgan fingerprint density at radius 3 is 2.94 bits per heavy atom. The molecule has 1 aromatic heterocycles. The van der Waals surface area contributed by atoms with Gasteiger partial charge in [-0.3, -0.25) is 9.48 Å². The van der Waals surface area contributed by atoms with E-state index in [2.05, 4.69) is 39.0 Å². The Morgan fingerprint density at radius 2 is 2.33 bits per heavy atom. The summed E-state index contributed by atoms with van der Waals surface area (Å²) in [4.78, 5) is 12.6. The summed E-state index contributed by atoms with van der Waals surface area (Å²) in [5.41, 5.74) is 1.52. The second kappa shape index (κ2) is 5.58.